The summed E-state index contributed by atoms with van der Waals surface area (Å²) in [5.41, 5.74) is -0.195. The molecule has 0 atom stereocenters. The van der Waals surface area contributed by atoms with Crippen molar-refractivity contribution in [3.63, 3.8) is 0 Å². The first-order valence-electron chi connectivity index (χ1n) is 9.33. The van der Waals surface area contributed by atoms with Crippen molar-refractivity contribution in [3.05, 3.63) is 0 Å². The predicted molar refractivity (Wildman–Crippen MR) is 91.9 cm³/mol. The molecule has 5 aliphatic rings. The standard InChI is InChI=1S/C18H27NO4S/c20-16(1-4-22-17(21)19-2-5-24-6-3-19)23-18-10-13-7-14(11-18)9-15(8-13)12-18/h13-15H,1-12H2. The normalized spacial score (nSPS) is 37.3. The van der Waals surface area contributed by atoms with E-state index in [1.807, 2.05) is 11.8 Å². The number of nitrogens with zero attached hydrogens (tertiary/aromatic N) is 1. The lowest BCUT2D eigenvalue weighted by Crippen LogP contribution is -2.52. The van der Waals surface area contributed by atoms with Gasteiger partial charge in [0.2, 0.25) is 0 Å². The summed E-state index contributed by atoms with van der Waals surface area (Å²) >= 11 is 1.85. The molecule has 1 amide bonds. The predicted octanol–water partition coefficient (Wildman–Crippen LogP) is 3.07. The second-order valence-electron chi connectivity index (χ2n) is 8.04. The number of hydrogen-bond acceptors (Lipinski definition) is 5. The van der Waals surface area contributed by atoms with Crippen LogP contribution in [-0.4, -0.2) is 53.8 Å². The highest BCUT2D eigenvalue weighted by Crippen LogP contribution is 2.57. The van der Waals surface area contributed by atoms with E-state index in [9.17, 15) is 9.59 Å². The van der Waals surface area contributed by atoms with E-state index in [0.29, 0.717) is 0 Å². The molecule has 0 aromatic carbocycles. The third-order valence-corrected chi connectivity index (χ3v) is 7.06. The monoisotopic (exact) mass is 353 g/mol. The summed E-state index contributed by atoms with van der Waals surface area (Å²) in [7, 11) is 0. The van der Waals surface area contributed by atoms with E-state index in [-0.39, 0.29) is 30.7 Å². The van der Waals surface area contributed by atoms with Gasteiger partial charge in [0.1, 0.15) is 12.2 Å². The van der Waals surface area contributed by atoms with Crippen molar-refractivity contribution < 1.29 is 19.1 Å². The minimum absolute atomic E-state index is 0.133. The summed E-state index contributed by atoms with van der Waals surface area (Å²) in [6, 6.07) is 0. The molecule has 4 aliphatic carbocycles. The molecule has 5 fully saturated rings. The molecule has 1 heterocycles. The van der Waals surface area contributed by atoms with Gasteiger partial charge in [0.05, 0.1) is 6.42 Å². The molecule has 0 radical (unpaired) electrons. The minimum Gasteiger partial charge on any atom is -0.459 e. The average molecular weight is 353 g/mol. The Labute approximate surface area is 147 Å². The Kier molecular flexibility index (Phi) is 4.67. The summed E-state index contributed by atoms with van der Waals surface area (Å²) in [6.45, 7) is 1.61. The van der Waals surface area contributed by atoms with Gasteiger partial charge in [-0.1, -0.05) is 0 Å². The SMILES string of the molecule is O=C(CCOC(=O)N1CCSCC1)OC12CC3CC(CC(C3)C1)C2. The average Bonchev–Trinajstić information content (AvgIpc) is 2.53. The maximum atomic E-state index is 12.3. The van der Waals surface area contributed by atoms with Gasteiger partial charge in [-0.3, -0.25) is 4.79 Å². The molecular weight excluding hydrogens is 326 g/mol. The zero-order valence-corrected chi connectivity index (χ0v) is 15.0. The second-order valence-corrected chi connectivity index (χ2v) is 9.26. The van der Waals surface area contributed by atoms with Gasteiger partial charge in [-0.25, -0.2) is 4.79 Å². The molecule has 134 valence electrons. The molecule has 4 saturated carbocycles. The van der Waals surface area contributed by atoms with Gasteiger partial charge >= 0.3 is 12.1 Å². The van der Waals surface area contributed by atoms with Gasteiger partial charge in [-0.05, 0) is 56.3 Å². The lowest BCUT2D eigenvalue weighted by Gasteiger charge is -2.55. The van der Waals surface area contributed by atoms with Gasteiger partial charge in [-0.2, -0.15) is 11.8 Å². The molecule has 6 heteroatoms. The molecule has 1 saturated heterocycles. The highest BCUT2D eigenvalue weighted by atomic mass is 32.2. The van der Waals surface area contributed by atoms with Crippen molar-refractivity contribution in [3.8, 4) is 0 Å². The Morgan fingerprint density at radius 3 is 2.17 bits per heavy atom. The van der Waals surface area contributed by atoms with Crippen molar-refractivity contribution in [2.75, 3.05) is 31.2 Å². The largest absolute Gasteiger partial charge is 0.459 e. The third kappa shape index (κ3) is 3.53. The lowest BCUT2D eigenvalue weighted by atomic mass is 9.54. The first kappa shape index (κ1) is 16.6. The molecule has 4 bridgehead atoms. The van der Waals surface area contributed by atoms with Crippen LogP contribution in [0, 0.1) is 17.8 Å². The topological polar surface area (TPSA) is 55.8 Å². The minimum atomic E-state index is -0.294. The van der Waals surface area contributed by atoms with E-state index in [1.165, 1.54) is 19.3 Å². The van der Waals surface area contributed by atoms with E-state index in [1.54, 1.807) is 4.90 Å². The Morgan fingerprint density at radius 2 is 1.58 bits per heavy atom. The number of carbonyl (C=O) groups excluding carboxylic acids is 2. The fraction of sp³-hybridized carbons (Fsp3) is 0.889. The number of amides is 1. The van der Waals surface area contributed by atoms with E-state index in [2.05, 4.69) is 0 Å². The van der Waals surface area contributed by atoms with Gasteiger partial charge in [0.25, 0.3) is 0 Å². The van der Waals surface area contributed by atoms with Crippen LogP contribution in [0.25, 0.3) is 0 Å². The summed E-state index contributed by atoms with van der Waals surface area (Å²) in [4.78, 5) is 25.9. The number of thioether (sulfide) groups is 1. The Hall–Kier alpha value is -0.910. The van der Waals surface area contributed by atoms with Crippen LogP contribution >= 0.6 is 11.8 Å². The summed E-state index contributed by atoms with van der Waals surface area (Å²) < 4.78 is 11.2. The zero-order valence-electron chi connectivity index (χ0n) is 14.2. The van der Waals surface area contributed by atoms with Crippen molar-refractivity contribution in [2.45, 2.75) is 50.5 Å². The van der Waals surface area contributed by atoms with Crippen LogP contribution in [0.5, 0.6) is 0 Å². The van der Waals surface area contributed by atoms with E-state index >= 15 is 0 Å². The first-order chi connectivity index (χ1) is 11.6. The van der Waals surface area contributed by atoms with Crippen LogP contribution in [-0.2, 0) is 14.3 Å². The number of esters is 1. The summed E-state index contributed by atoms with van der Waals surface area (Å²) in [6.07, 6.45) is 7.05. The molecule has 0 aromatic rings. The van der Waals surface area contributed by atoms with E-state index in [4.69, 9.17) is 9.47 Å². The smallest absolute Gasteiger partial charge is 0.409 e. The lowest BCUT2D eigenvalue weighted by molar-refractivity contribution is -0.187. The molecule has 0 N–H and O–H groups in total. The second kappa shape index (κ2) is 6.77. The number of ether oxygens (including phenoxy) is 2. The molecule has 24 heavy (non-hydrogen) atoms. The van der Waals surface area contributed by atoms with Gasteiger partial charge in [0.15, 0.2) is 0 Å². The van der Waals surface area contributed by atoms with Crippen molar-refractivity contribution in [1.29, 1.82) is 0 Å². The van der Waals surface area contributed by atoms with Crippen molar-refractivity contribution in [2.24, 2.45) is 17.8 Å². The molecule has 0 unspecified atom stereocenters. The van der Waals surface area contributed by atoms with Crippen LogP contribution < -0.4 is 0 Å². The van der Waals surface area contributed by atoms with Gasteiger partial charge in [-0.15, -0.1) is 0 Å². The Morgan fingerprint density at radius 1 is 1.00 bits per heavy atom. The quantitative estimate of drug-likeness (QED) is 0.727. The number of hydrogen-bond donors (Lipinski definition) is 0. The zero-order chi connectivity index (χ0) is 16.6. The highest BCUT2D eigenvalue weighted by Gasteiger charge is 2.53. The fourth-order valence-corrected chi connectivity index (χ4v) is 6.41. The summed E-state index contributed by atoms with van der Waals surface area (Å²) in [5, 5.41) is 0. The first-order valence-corrected chi connectivity index (χ1v) is 10.5. The molecule has 0 spiro atoms. The van der Waals surface area contributed by atoms with Crippen LogP contribution in [0.3, 0.4) is 0 Å². The molecule has 5 nitrogen and oxygen atoms in total. The van der Waals surface area contributed by atoms with E-state index < -0.39 is 0 Å². The molecule has 0 aromatic heterocycles. The third-order valence-electron chi connectivity index (χ3n) is 6.11. The van der Waals surface area contributed by atoms with Crippen LogP contribution in [0.15, 0.2) is 0 Å². The molecule has 5 rings (SSSR count). The molecular formula is C18H27NO4S. The highest BCUT2D eigenvalue weighted by molar-refractivity contribution is 7.99. The van der Waals surface area contributed by atoms with Crippen molar-refractivity contribution in [1.82, 2.24) is 4.90 Å². The summed E-state index contributed by atoms with van der Waals surface area (Å²) in [5.74, 6) is 4.02. The van der Waals surface area contributed by atoms with Crippen molar-refractivity contribution >= 4 is 23.8 Å². The maximum Gasteiger partial charge on any atom is 0.409 e. The molecule has 1 aliphatic heterocycles. The van der Waals surface area contributed by atoms with Crippen LogP contribution in [0.4, 0.5) is 4.79 Å². The Bertz CT molecular complexity index is 468. The van der Waals surface area contributed by atoms with Crippen LogP contribution in [0.1, 0.15) is 44.9 Å². The van der Waals surface area contributed by atoms with Gasteiger partial charge < -0.3 is 14.4 Å². The maximum absolute atomic E-state index is 12.3. The van der Waals surface area contributed by atoms with Crippen LogP contribution in [0.2, 0.25) is 0 Å². The Balaban J connectivity index is 1.22. The number of carbonyl (C=O) groups is 2. The van der Waals surface area contributed by atoms with E-state index in [0.717, 1.165) is 61.6 Å². The number of rotatable bonds is 4. The van der Waals surface area contributed by atoms with Gasteiger partial charge in [0, 0.05) is 24.6 Å². The fourth-order valence-electron chi connectivity index (χ4n) is 5.51.